The molecule has 0 bridgehead atoms. The maximum atomic E-state index is 12.7. The number of benzene rings is 3. The number of carbonyl (C=O) groups excluding carboxylic acids is 1. The zero-order valence-corrected chi connectivity index (χ0v) is 20.1. The highest BCUT2D eigenvalue weighted by Crippen LogP contribution is 2.26. The fraction of sp³-hybridized carbons (Fsp3) is 0.154. The number of methoxy groups -OCH3 is 2. The summed E-state index contributed by atoms with van der Waals surface area (Å²) in [7, 11) is 3.10. The lowest BCUT2D eigenvalue weighted by Gasteiger charge is -2.12. The normalized spacial score (nSPS) is 10.9. The van der Waals surface area contributed by atoms with Crippen molar-refractivity contribution in [2.24, 2.45) is 0 Å². The molecule has 0 fully saturated rings. The molecule has 8 heteroatoms. The predicted octanol–water partition coefficient (Wildman–Crippen LogP) is 5.81. The van der Waals surface area contributed by atoms with Crippen LogP contribution in [0, 0.1) is 11.3 Å². The number of amides is 1. The van der Waals surface area contributed by atoms with Crippen LogP contribution in [0.25, 0.3) is 6.08 Å². The molecule has 0 saturated heterocycles. The minimum Gasteiger partial charge on any atom is -0.497 e. The predicted molar refractivity (Wildman–Crippen MR) is 132 cm³/mol. The molecule has 0 unspecified atom stereocenters. The summed E-state index contributed by atoms with van der Waals surface area (Å²) >= 11 is 12.2. The molecule has 0 atom stereocenters. The summed E-state index contributed by atoms with van der Waals surface area (Å²) < 4.78 is 16.4. The van der Waals surface area contributed by atoms with Gasteiger partial charge in [0.1, 0.15) is 35.5 Å². The van der Waals surface area contributed by atoms with Gasteiger partial charge >= 0.3 is 0 Å². The summed E-state index contributed by atoms with van der Waals surface area (Å²) in [5.41, 5.74) is 2.03. The van der Waals surface area contributed by atoms with Crippen LogP contribution in [0.4, 0.5) is 0 Å². The van der Waals surface area contributed by atoms with Gasteiger partial charge in [-0.25, -0.2) is 0 Å². The van der Waals surface area contributed by atoms with Crippen LogP contribution in [0.3, 0.4) is 0 Å². The average Bonchev–Trinajstić information content (AvgIpc) is 2.85. The van der Waals surface area contributed by atoms with Crippen molar-refractivity contribution in [2.45, 2.75) is 13.2 Å². The van der Waals surface area contributed by atoms with Gasteiger partial charge < -0.3 is 19.5 Å². The second-order valence-corrected chi connectivity index (χ2v) is 7.94. The highest BCUT2D eigenvalue weighted by atomic mass is 35.5. The van der Waals surface area contributed by atoms with E-state index in [1.54, 1.807) is 67.8 Å². The van der Waals surface area contributed by atoms with Gasteiger partial charge in [0, 0.05) is 39.3 Å². The number of nitriles is 1. The van der Waals surface area contributed by atoms with Crippen LogP contribution >= 0.6 is 23.2 Å². The van der Waals surface area contributed by atoms with Crippen LogP contribution in [0.2, 0.25) is 10.0 Å². The second kappa shape index (κ2) is 12.0. The first-order valence-electron chi connectivity index (χ1n) is 10.2. The van der Waals surface area contributed by atoms with E-state index in [9.17, 15) is 10.1 Å². The van der Waals surface area contributed by atoms with Crippen LogP contribution in [0.15, 0.2) is 66.2 Å². The number of para-hydroxylation sites is 1. The highest BCUT2D eigenvalue weighted by Gasteiger charge is 2.13. The Bertz CT molecular complexity index is 1250. The van der Waals surface area contributed by atoms with Gasteiger partial charge in [-0.05, 0) is 36.4 Å². The molecule has 6 nitrogen and oxygen atoms in total. The molecule has 0 saturated carbocycles. The maximum absolute atomic E-state index is 12.7. The molecule has 174 valence electrons. The van der Waals surface area contributed by atoms with Crippen molar-refractivity contribution in [3.63, 3.8) is 0 Å². The van der Waals surface area contributed by atoms with Crippen LogP contribution in [-0.4, -0.2) is 20.1 Å². The minimum atomic E-state index is -0.518. The molecule has 0 radical (unpaired) electrons. The molecule has 34 heavy (non-hydrogen) atoms. The number of nitrogens with one attached hydrogen (secondary N) is 1. The summed E-state index contributed by atoms with van der Waals surface area (Å²) in [6, 6.07) is 19.5. The van der Waals surface area contributed by atoms with E-state index in [-0.39, 0.29) is 18.7 Å². The van der Waals surface area contributed by atoms with Gasteiger partial charge in [-0.3, -0.25) is 4.79 Å². The lowest BCUT2D eigenvalue weighted by molar-refractivity contribution is -0.117. The van der Waals surface area contributed by atoms with E-state index in [1.807, 2.05) is 6.07 Å². The second-order valence-electron chi connectivity index (χ2n) is 7.09. The molecule has 0 aromatic heterocycles. The van der Waals surface area contributed by atoms with E-state index in [2.05, 4.69) is 5.32 Å². The highest BCUT2D eigenvalue weighted by molar-refractivity contribution is 6.35. The quantitative estimate of drug-likeness (QED) is 0.298. The standard InChI is InChI=1S/C26H22Cl2N2O4/c1-32-22-10-8-18(25(13-22)33-2)15-30-26(31)20(14-29)11-17-5-3-4-6-24(17)34-16-19-7-9-21(27)12-23(19)28/h3-13H,15-16H2,1-2H3,(H,30,31)/b20-11+. The fourth-order valence-corrected chi connectivity index (χ4v) is 3.56. The molecule has 3 rings (SSSR count). The third kappa shape index (κ3) is 6.44. The van der Waals surface area contributed by atoms with E-state index in [0.717, 1.165) is 11.1 Å². The molecule has 3 aromatic carbocycles. The summed E-state index contributed by atoms with van der Waals surface area (Å²) in [6.45, 7) is 0.379. The van der Waals surface area contributed by atoms with Gasteiger partial charge in [0.25, 0.3) is 5.91 Å². The van der Waals surface area contributed by atoms with Gasteiger partial charge in [-0.2, -0.15) is 5.26 Å². The molecule has 0 spiro atoms. The smallest absolute Gasteiger partial charge is 0.262 e. The Morgan fingerprint density at radius 2 is 1.76 bits per heavy atom. The molecule has 0 aliphatic rings. The number of nitrogens with zero attached hydrogens (tertiary/aromatic N) is 1. The lowest BCUT2D eigenvalue weighted by atomic mass is 10.1. The van der Waals surface area contributed by atoms with Gasteiger partial charge in [0.2, 0.25) is 0 Å². The van der Waals surface area contributed by atoms with Crippen LogP contribution in [0.5, 0.6) is 17.2 Å². The van der Waals surface area contributed by atoms with E-state index >= 15 is 0 Å². The lowest BCUT2D eigenvalue weighted by Crippen LogP contribution is -2.24. The van der Waals surface area contributed by atoms with Gasteiger partial charge in [0.05, 0.1) is 14.2 Å². The number of hydrogen-bond acceptors (Lipinski definition) is 5. The van der Waals surface area contributed by atoms with Gasteiger partial charge in [0.15, 0.2) is 0 Å². The molecule has 1 amide bonds. The number of carbonyl (C=O) groups is 1. The molecule has 0 aliphatic heterocycles. The van der Waals surface area contributed by atoms with Crippen molar-refractivity contribution in [1.82, 2.24) is 5.32 Å². The Balaban J connectivity index is 1.74. The zero-order chi connectivity index (χ0) is 24.5. The Morgan fingerprint density at radius 3 is 2.47 bits per heavy atom. The summed E-state index contributed by atoms with van der Waals surface area (Å²) in [5, 5.41) is 13.4. The first-order valence-corrected chi connectivity index (χ1v) is 11.0. The summed E-state index contributed by atoms with van der Waals surface area (Å²) in [5.74, 6) is 1.20. The average molecular weight is 497 g/mol. The van der Waals surface area contributed by atoms with E-state index in [1.165, 1.54) is 13.2 Å². The van der Waals surface area contributed by atoms with Crippen molar-refractivity contribution in [3.05, 3.63) is 93.0 Å². The zero-order valence-electron chi connectivity index (χ0n) is 18.6. The molecule has 0 aliphatic carbocycles. The van der Waals surface area contributed by atoms with Crippen molar-refractivity contribution in [1.29, 1.82) is 5.26 Å². The van der Waals surface area contributed by atoms with Crippen molar-refractivity contribution in [2.75, 3.05) is 14.2 Å². The largest absolute Gasteiger partial charge is 0.497 e. The van der Waals surface area contributed by atoms with E-state index < -0.39 is 5.91 Å². The summed E-state index contributed by atoms with van der Waals surface area (Å²) in [4.78, 5) is 12.7. The molecular weight excluding hydrogens is 475 g/mol. The van der Waals surface area contributed by atoms with E-state index in [4.69, 9.17) is 37.4 Å². The SMILES string of the molecule is COc1ccc(CNC(=O)/C(C#N)=C/c2ccccc2OCc2ccc(Cl)cc2Cl)c(OC)c1. The minimum absolute atomic E-state index is 0.0620. The number of ether oxygens (including phenoxy) is 3. The van der Waals surface area contributed by atoms with Gasteiger partial charge in [-0.1, -0.05) is 47.5 Å². The Hall–Kier alpha value is -3.66. The van der Waals surface area contributed by atoms with Gasteiger partial charge in [-0.15, -0.1) is 0 Å². The molecule has 1 N–H and O–H groups in total. The monoisotopic (exact) mass is 496 g/mol. The van der Waals surface area contributed by atoms with E-state index in [0.29, 0.717) is 32.9 Å². The first-order chi connectivity index (χ1) is 16.4. The number of rotatable bonds is 9. The summed E-state index contributed by atoms with van der Waals surface area (Å²) in [6.07, 6.45) is 1.49. The Morgan fingerprint density at radius 1 is 1.00 bits per heavy atom. The number of halogens is 2. The third-order valence-electron chi connectivity index (χ3n) is 4.92. The Kier molecular flexibility index (Phi) is 8.80. The topological polar surface area (TPSA) is 80.6 Å². The third-order valence-corrected chi connectivity index (χ3v) is 5.50. The van der Waals surface area contributed by atoms with Crippen LogP contribution < -0.4 is 19.5 Å². The maximum Gasteiger partial charge on any atom is 0.262 e. The molecule has 0 heterocycles. The van der Waals surface area contributed by atoms with Crippen molar-refractivity contribution in [3.8, 4) is 23.3 Å². The first kappa shape index (κ1) is 25.0. The number of hydrogen-bond donors (Lipinski definition) is 1. The van der Waals surface area contributed by atoms with Crippen LogP contribution in [0.1, 0.15) is 16.7 Å². The molecule has 3 aromatic rings. The van der Waals surface area contributed by atoms with Crippen molar-refractivity contribution >= 4 is 35.2 Å². The van der Waals surface area contributed by atoms with Crippen LogP contribution in [-0.2, 0) is 17.9 Å². The molecular formula is C26H22Cl2N2O4. The Labute approximate surface area is 208 Å². The fourth-order valence-electron chi connectivity index (χ4n) is 3.10. The van der Waals surface area contributed by atoms with Crippen molar-refractivity contribution < 1.29 is 19.0 Å².